The Kier molecular flexibility index (Phi) is 12.3. The van der Waals surface area contributed by atoms with E-state index in [4.69, 9.17) is 14.4 Å². The molecular formula is C47H49IrN3O-2. The maximum Gasteiger partial charge on any atom is 0.216 e. The molecule has 0 saturated carbocycles. The summed E-state index contributed by atoms with van der Waals surface area (Å²) in [6, 6.07) is 35.6. The molecule has 4 nitrogen and oxygen atoms in total. The molecule has 5 heteroatoms. The Morgan fingerprint density at radius 1 is 0.712 bits per heavy atom. The Morgan fingerprint density at radius 3 is 2.00 bits per heavy atom. The van der Waals surface area contributed by atoms with Crippen LogP contribution in [0.15, 0.2) is 102 Å². The van der Waals surface area contributed by atoms with Crippen molar-refractivity contribution < 1.29 is 24.5 Å². The van der Waals surface area contributed by atoms with E-state index in [1.165, 1.54) is 33.4 Å². The fourth-order valence-corrected chi connectivity index (χ4v) is 6.93. The molecule has 0 unspecified atom stereocenters. The van der Waals surface area contributed by atoms with Crippen molar-refractivity contribution in [3.05, 3.63) is 137 Å². The van der Waals surface area contributed by atoms with Crippen LogP contribution in [0.2, 0.25) is 0 Å². The third-order valence-electron chi connectivity index (χ3n) is 10.4. The van der Waals surface area contributed by atoms with Crippen LogP contribution >= 0.6 is 0 Å². The van der Waals surface area contributed by atoms with Gasteiger partial charge in [-0.3, -0.25) is 0 Å². The molecule has 0 spiro atoms. The first-order chi connectivity index (χ1) is 24.5. The fraction of sp³-hybridized carbons (Fsp3) is 0.298. The molecule has 0 aliphatic rings. The average Bonchev–Trinajstić information content (AvgIpc) is 3.53. The molecule has 4 heterocycles. The molecule has 0 N–H and O–H groups in total. The van der Waals surface area contributed by atoms with Crippen molar-refractivity contribution >= 4 is 22.1 Å². The van der Waals surface area contributed by atoms with Crippen molar-refractivity contribution in [1.29, 1.82) is 0 Å². The molecule has 0 aliphatic heterocycles. The number of fused-ring (bicyclic) bond motifs is 3. The van der Waals surface area contributed by atoms with Crippen molar-refractivity contribution in [3.63, 3.8) is 0 Å². The van der Waals surface area contributed by atoms with Gasteiger partial charge in [-0.15, -0.1) is 54.1 Å². The minimum Gasteiger partial charge on any atom is -0.486 e. The van der Waals surface area contributed by atoms with Gasteiger partial charge in [-0.05, 0) is 89.7 Å². The molecule has 7 aromatic rings. The number of hydrogen-bond acceptors (Lipinski definition) is 4. The number of pyridine rings is 3. The molecule has 0 aliphatic carbocycles. The Bertz CT molecular complexity index is 2240. The Hall–Kier alpha value is -4.44. The van der Waals surface area contributed by atoms with Crippen molar-refractivity contribution in [2.24, 2.45) is 0 Å². The monoisotopic (exact) mass is 864 g/mol. The van der Waals surface area contributed by atoms with Crippen LogP contribution in [-0.4, -0.2) is 15.0 Å². The van der Waals surface area contributed by atoms with Gasteiger partial charge < -0.3 is 14.4 Å². The van der Waals surface area contributed by atoms with Crippen LogP contribution < -0.4 is 0 Å². The van der Waals surface area contributed by atoms with Crippen LogP contribution in [0, 0.1) is 26.0 Å². The normalized spacial score (nSPS) is 11.5. The summed E-state index contributed by atoms with van der Waals surface area (Å²) in [5, 5.41) is 2.06. The van der Waals surface area contributed by atoms with Gasteiger partial charge >= 0.3 is 0 Å². The molecule has 52 heavy (non-hydrogen) atoms. The van der Waals surface area contributed by atoms with Gasteiger partial charge in [0.25, 0.3) is 0 Å². The molecule has 0 amide bonds. The van der Waals surface area contributed by atoms with Crippen molar-refractivity contribution in [2.75, 3.05) is 0 Å². The van der Waals surface area contributed by atoms with E-state index in [-0.39, 0.29) is 25.5 Å². The first-order valence-corrected chi connectivity index (χ1v) is 18.3. The maximum absolute atomic E-state index is 6.50. The third kappa shape index (κ3) is 7.82. The molecular weight excluding hydrogens is 815 g/mol. The van der Waals surface area contributed by atoms with E-state index in [0.717, 1.165) is 57.4 Å². The summed E-state index contributed by atoms with van der Waals surface area (Å²) in [6.07, 6.45) is 6.10. The Balaban J connectivity index is 0.000000314. The van der Waals surface area contributed by atoms with Crippen LogP contribution in [0.3, 0.4) is 0 Å². The summed E-state index contributed by atoms with van der Waals surface area (Å²) in [4.78, 5) is 14.3. The zero-order valence-electron chi connectivity index (χ0n) is 31.9. The molecule has 4 aromatic heterocycles. The number of nitrogens with zero attached hydrogens (tertiary/aromatic N) is 3. The number of aromatic nitrogens is 3. The molecule has 7 rings (SSSR count). The summed E-state index contributed by atoms with van der Waals surface area (Å²) in [7, 11) is 0. The number of rotatable bonds is 8. The molecule has 3 aromatic carbocycles. The maximum atomic E-state index is 6.50. The Labute approximate surface area is 323 Å². The van der Waals surface area contributed by atoms with E-state index < -0.39 is 0 Å². The van der Waals surface area contributed by atoms with Crippen LogP contribution in [-0.2, 0) is 25.5 Å². The van der Waals surface area contributed by atoms with Crippen molar-refractivity contribution in [1.82, 2.24) is 15.0 Å². The average molecular weight is 864 g/mol. The summed E-state index contributed by atoms with van der Waals surface area (Å²) < 4.78 is 6.50. The number of benzene rings is 3. The predicted molar refractivity (Wildman–Crippen MR) is 213 cm³/mol. The zero-order chi connectivity index (χ0) is 36.3. The quantitative estimate of drug-likeness (QED) is 0.143. The van der Waals surface area contributed by atoms with E-state index in [9.17, 15) is 0 Å². The molecule has 0 atom stereocenters. The van der Waals surface area contributed by atoms with Gasteiger partial charge in [-0.25, -0.2) is 4.98 Å². The van der Waals surface area contributed by atoms with Crippen LogP contribution in [0.5, 0.6) is 0 Å². The van der Waals surface area contributed by atoms with Gasteiger partial charge in [0.2, 0.25) is 5.71 Å². The van der Waals surface area contributed by atoms with E-state index in [2.05, 4.69) is 127 Å². The summed E-state index contributed by atoms with van der Waals surface area (Å²) in [5.41, 5.74) is 14.0. The molecule has 0 saturated heterocycles. The van der Waals surface area contributed by atoms with Crippen molar-refractivity contribution in [3.8, 4) is 33.8 Å². The van der Waals surface area contributed by atoms with Gasteiger partial charge in [-0.1, -0.05) is 101 Å². The van der Waals surface area contributed by atoms with E-state index in [1.54, 1.807) is 0 Å². The first kappa shape index (κ1) is 38.8. The van der Waals surface area contributed by atoms with Crippen LogP contribution in [0.1, 0.15) is 101 Å². The smallest absolute Gasteiger partial charge is 0.216 e. The van der Waals surface area contributed by atoms with Gasteiger partial charge in [-0.2, -0.15) is 0 Å². The molecule has 0 bridgehead atoms. The molecule has 1 radical (unpaired) electrons. The number of hydrogen-bond donors (Lipinski definition) is 0. The summed E-state index contributed by atoms with van der Waals surface area (Å²) in [5.74, 6) is 0.801. The SMILES string of the molecule is CCC(C)(CC)c1cnc(-c2[c-]ccc3c2oc2nc(-c4c(C(C)C)cccc4C(C)C)ccc23)cc1C.Cc1ccc(-c2[c-]cccc2)nc1.[Ir]. The van der Waals surface area contributed by atoms with Crippen LogP contribution in [0.4, 0.5) is 0 Å². The number of furan rings is 1. The fourth-order valence-electron chi connectivity index (χ4n) is 6.93. The minimum absolute atomic E-state index is 0. The van der Waals surface area contributed by atoms with Gasteiger partial charge in [0.05, 0.1) is 11.3 Å². The Morgan fingerprint density at radius 2 is 1.40 bits per heavy atom. The standard InChI is InChI=1S/C35H39N2O.C12H10N.Ir/c1-9-35(8,10-2)29-20-36-31(19-23(29)7)28-16-12-15-26-27-17-18-30(37-34(27)38-33(26)28)32-24(21(3)4)13-11-14-25(32)22(5)6;1-10-7-8-12(13-9-10)11-5-3-2-4-6-11;/h11-15,17-22H,9-10H2,1-8H3;2-5,7-9H,1H3;/q2*-1;. The summed E-state index contributed by atoms with van der Waals surface area (Å²) in [6.45, 7) is 20.0. The molecule has 269 valence electrons. The second kappa shape index (κ2) is 16.5. The second-order valence-corrected chi connectivity index (χ2v) is 14.5. The van der Waals surface area contributed by atoms with Gasteiger partial charge in [0.15, 0.2) is 0 Å². The minimum atomic E-state index is 0. The van der Waals surface area contributed by atoms with Gasteiger partial charge in [0, 0.05) is 43.4 Å². The topological polar surface area (TPSA) is 51.8 Å². The van der Waals surface area contributed by atoms with Crippen LogP contribution in [0.25, 0.3) is 55.8 Å². The van der Waals surface area contributed by atoms with Gasteiger partial charge in [0.1, 0.15) is 0 Å². The molecule has 0 fully saturated rings. The van der Waals surface area contributed by atoms with E-state index in [0.29, 0.717) is 17.5 Å². The summed E-state index contributed by atoms with van der Waals surface area (Å²) >= 11 is 0. The van der Waals surface area contributed by atoms with E-state index >= 15 is 0 Å². The predicted octanol–water partition coefficient (Wildman–Crippen LogP) is 13.0. The zero-order valence-corrected chi connectivity index (χ0v) is 34.3. The first-order valence-electron chi connectivity index (χ1n) is 18.3. The van der Waals surface area contributed by atoms with E-state index in [1.807, 2.05) is 49.5 Å². The second-order valence-electron chi connectivity index (χ2n) is 14.5. The third-order valence-corrected chi connectivity index (χ3v) is 10.4. The van der Waals surface area contributed by atoms with Crippen molar-refractivity contribution in [2.45, 2.75) is 92.4 Å². The largest absolute Gasteiger partial charge is 0.486 e. The number of aryl methyl sites for hydroxylation is 2.